The van der Waals surface area contributed by atoms with Gasteiger partial charge in [-0.05, 0) is 124 Å². The molecule has 0 radical (unpaired) electrons. The maximum atomic E-state index is 15.0. The minimum atomic E-state index is -1.79. The number of aromatic nitrogens is 2. The number of cyclic esters (lactones) is 1. The van der Waals surface area contributed by atoms with Gasteiger partial charge in [0.15, 0.2) is 6.04 Å². The number of para-hydroxylation sites is 2. The molecule has 0 bridgehead atoms. The lowest BCUT2D eigenvalue weighted by Gasteiger charge is -2.30. The molecule has 1 saturated heterocycles. The highest BCUT2D eigenvalue weighted by molar-refractivity contribution is 6.01. The van der Waals surface area contributed by atoms with Crippen molar-refractivity contribution in [3.05, 3.63) is 102 Å². The second-order valence-corrected chi connectivity index (χ2v) is 27.3. The van der Waals surface area contributed by atoms with E-state index in [-0.39, 0.29) is 95.5 Å². The second kappa shape index (κ2) is 43.7. The summed E-state index contributed by atoms with van der Waals surface area (Å²) in [4.78, 5) is 202. The quantitative estimate of drug-likeness (QED) is 0.0178. The molecule has 1 aliphatic heterocycles. The molecule has 35 heteroatoms. The number of carbonyl (C=O) groups is 14. The Morgan fingerprint density at radius 3 is 1.55 bits per heavy atom. The number of ether oxygens (including phenoxy) is 1. The fourth-order valence-electron chi connectivity index (χ4n) is 12.1. The highest BCUT2D eigenvalue weighted by Crippen LogP contribution is 2.23. The van der Waals surface area contributed by atoms with Crippen molar-refractivity contribution in [3.8, 4) is 5.75 Å². The number of phenolic OH excluding ortho intramolecular Hbond substituents is 1. The molecule has 0 spiro atoms. The number of rotatable bonds is 41. The Morgan fingerprint density at radius 2 is 1.04 bits per heavy atom. The Balaban J connectivity index is 1.22. The Morgan fingerprint density at radius 1 is 0.560 bits per heavy atom. The maximum absolute atomic E-state index is 15.0. The molecule has 35 nitrogen and oxygen atoms in total. The standard InChI is InChI=1S/C74H106N18O17/c1-6-40(3)22-27-60(96)84-57(34-59(78)95)70(104)88-54(31-43-23-25-46(94)26-24-43)68(102)90-55(32-44-35-79-49-17-10-8-15-47(44)49)69(103)87-53(21-14-30-77)67(101)86-51(19-12-28-75)65(99)81-37-61(97)83-52(20-13-29-76)66(100)89-56(33-45-36-80-50-18-11-9-16-48(45)50)71(105)92-64-42(5)109-74(108)58(39-93)85-62(98)38-82-72(106)63(41(4)7-2)91-73(64)107/h8-11,15-18,23-26,35-36,40-42,51-58,63-64,79-80,93-94H,6-7,12-14,19-22,27-34,37-39,75-77H2,1-5H3,(H2,78,95)(H,81,99)(H,82,106)(H,83,97)(H,84,96)(H,85,98)(H,86,101)(H,87,103)(H,88,104)(H,89,100)(H,90,102)(H,91,107)(H,92,105)/t40?,41-,42+,51-,52+,53+,54+,55+,56-,57+,58+,63-,64-/m0/s1. The number of aliphatic hydroxyl groups excluding tert-OH is 1. The van der Waals surface area contributed by atoms with E-state index in [0.29, 0.717) is 51.3 Å². The van der Waals surface area contributed by atoms with E-state index in [1.165, 1.54) is 31.2 Å². The number of H-pyrrole nitrogens is 2. The van der Waals surface area contributed by atoms with Gasteiger partial charge in [-0.1, -0.05) is 89.1 Å². The van der Waals surface area contributed by atoms with Crippen LogP contribution in [-0.4, -0.2) is 209 Å². The number of nitrogens with one attached hydrogen (secondary N) is 14. The Labute approximate surface area is 630 Å². The molecule has 594 valence electrons. The molecule has 1 aliphatic rings. The van der Waals surface area contributed by atoms with E-state index in [9.17, 15) is 77.3 Å². The van der Waals surface area contributed by atoms with E-state index in [1.807, 2.05) is 13.8 Å². The average Bonchev–Trinajstić information content (AvgIpc) is 1.72. The molecule has 6 rings (SSSR count). The number of carbonyl (C=O) groups excluding carboxylic acids is 14. The van der Waals surface area contributed by atoms with Gasteiger partial charge < -0.3 is 112 Å². The predicted octanol–water partition coefficient (Wildman–Crippen LogP) is -2.63. The van der Waals surface area contributed by atoms with Gasteiger partial charge in [0.2, 0.25) is 76.8 Å². The molecule has 5 aromatic rings. The number of esters is 1. The van der Waals surface area contributed by atoms with Gasteiger partial charge >= 0.3 is 5.97 Å². The summed E-state index contributed by atoms with van der Waals surface area (Å²) in [7, 11) is 0. The number of hydrogen-bond acceptors (Lipinski definition) is 20. The normalized spacial score (nSPS) is 18.0. The minimum Gasteiger partial charge on any atom is -0.508 e. The van der Waals surface area contributed by atoms with Crippen molar-refractivity contribution in [3.63, 3.8) is 0 Å². The number of aromatic amines is 2. The van der Waals surface area contributed by atoms with Crippen LogP contribution < -0.4 is 86.7 Å². The van der Waals surface area contributed by atoms with Crippen molar-refractivity contribution in [1.82, 2.24) is 73.8 Å². The zero-order valence-electron chi connectivity index (χ0n) is 62.1. The molecular formula is C74H106N18O17. The van der Waals surface area contributed by atoms with Crippen molar-refractivity contribution in [2.24, 2.45) is 34.8 Å². The fourth-order valence-corrected chi connectivity index (χ4v) is 12.1. The average molecular weight is 1520 g/mol. The van der Waals surface area contributed by atoms with E-state index in [4.69, 9.17) is 27.7 Å². The van der Waals surface area contributed by atoms with Gasteiger partial charge in [-0.3, -0.25) is 62.3 Å². The van der Waals surface area contributed by atoms with Gasteiger partial charge in [0.1, 0.15) is 66.2 Å². The maximum Gasteiger partial charge on any atom is 0.331 e. The zero-order valence-corrected chi connectivity index (χ0v) is 62.1. The molecule has 0 aliphatic carbocycles. The smallest absolute Gasteiger partial charge is 0.331 e. The summed E-state index contributed by atoms with van der Waals surface area (Å²) in [5.74, 6) is -13.2. The molecule has 3 aromatic carbocycles. The molecule has 13 atom stereocenters. The number of aromatic hydroxyl groups is 1. The number of fused-ring (bicyclic) bond motifs is 2. The third-order valence-electron chi connectivity index (χ3n) is 18.9. The Bertz CT molecular complexity index is 3960. The van der Waals surface area contributed by atoms with Gasteiger partial charge in [-0.25, -0.2) is 4.79 Å². The Hall–Kier alpha value is -11.0. The largest absolute Gasteiger partial charge is 0.508 e. The summed E-state index contributed by atoms with van der Waals surface area (Å²) in [6, 6.07) is 4.75. The van der Waals surface area contributed by atoms with Gasteiger partial charge in [0, 0.05) is 59.9 Å². The third kappa shape index (κ3) is 27.0. The van der Waals surface area contributed by atoms with Crippen molar-refractivity contribution < 1.29 is 82.1 Å². The lowest BCUT2D eigenvalue weighted by molar-refractivity contribution is -0.157. The molecule has 2 aromatic heterocycles. The molecule has 1 unspecified atom stereocenters. The van der Waals surface area contributed by atoms with Crippen molar-refractivity contribution in [1.29, 1.82) is 0 Å². The summed E-state index contributed by atoms with van der Waals surface area (Å²) in [5.41, 5.74) is 26.2. The topological polar surface area (TPSA) is 569 Å². The summed E-state index contributed by atoms with van der Waals surface area (Å²) >= 11 is 0. The number of benzene rings is 3. The summed E-state index contributed by atoms with van der Waals surface area (Å²) in [5, 5.41) is 52.5. The van der Waals surface area contributed by atoms with E-state index in [2.05, 4.69) is 73.8 Å². The number of phenols is 1. The van der Waals surface area contributed by atoms with Crippen molar-refractivity contribution in [2.75, 3.05) is 39.3 Å². The molecule has 3 heterocycles. The predicted molar refractivity (Wildman–Crippen MR) is 401 cm³/mol. The number of primary amides is 1. The molecule has 13 amide bonds. The summed E-state index contributed by atoms with van der Waals surface area (Å²) in [6.45, 7) is 6.32. The van der Waals surface area contributed by atoms with E-state index in [0.717, 1.165) is 6.42 Å². The minimum absolute atomic E-state index is 0.0272. The van der Waals surface area contributed by atoms with Crippen LogP contribution >= 0.6 is 0 Å². The lowest BCUT2D eigenvalue weighted by atomic mass is 9.97. The fraction of sp³-hybridized carbons (Fsp3) is 0.514. The van der Waals surface area contributed by atoms with Gasteiger partial charge in [-0.2, -0.15) is 0 Å². The zero-order chi connectivity index (χ0) is 79.9. The van der Waals surface area contributed by atoms with Crippen molar-refractivity contribution in [2.45, 2.75) is 191 Å². The van der Waals surface area contributed by atoms with E-state index >= 15 is 0 Å². The monoisotopic (exact) mass is 1520 g/mol. The highest BCUT2D eigenvalue weighted by atomic mass is 16.5. The highest BCUT2D eigenvalue weighted by Gasteiger charge is 2.40. The van der Waals surface area contributed by atoms with Crippen LogP contribution in [0.3, 0.4) is 0 Å². The van der Waals surface area contributed by atoms with Crippen LogP contribution in [0.15, 0.2) is 85.2 Å². The third-order valence-corrected chi connectivity index (χ3v) is 18.9. The first-order chi connectivity index (χ1) is 52.1. The molecule has 0 saturated carbocycles. The van der Waals surface area contributed by atoms with Gasteiger partial charge in [-0.15, -0.1) is 0 Å². The second-order valence-electron chi connectivity index (χ2n) is 27.3. The Kier molecular flexibility index (Phi) is 34.8. The first kappa shape index (κ1) is 86.9. The lowest BCUT2D eigenvalue weighted by Crippen LogP contribution is -2.62. The molecular weight excluding hydrogens is 1410 g/mol. The number of hydrogen-bond donors (Lipinski definition) is 20. The first-order valence-corrected chi connectivity index (χ1v) is 36.7. The van der Waals surface area contributed by atoms with E-state index < -0.39 is 181 Å². The van der Waals surface area contributed by atoms with Gasteiger partial charge in [0.05, 0.1) is 26.1 Å². The number of amides is 13. The SMILES string of the molecule is CCC(C)CCC(=O)N[C@H](CC(N)=O)C(=O)N[C@H](Cc1ccc(O)cc1)C(=O)N[C@H](Cc1c[nH]c2ccccc12)C(=O)N[C@H](CCCN)C(=O)N[C@@H](CCCN)C(=O)NCC(=O)N[C@H](CCCN)C(=O)N[C@@H](Cc1c[nH]c2ccccc12)C(=O)N[C@@H]1C(=O)N[C@@H]([C@@H](C)CC)C(=O)NCC(=O)N[C@H](CO)C(=O)O[C@@H]1C. The summed E-state index contributed by atoms with van der Waals surface area (Å²) < 4.78 is 5.57. The number of aliphatic hydroxyl groups is 1. The molecule has 109 heavy (non-hydrogen) atoms. The van der Waals surface area contributed by atoms with E-state index in [1.54, 1.807) is 74.8 Å². The van der Waals surface area contributed by atoms with Crippen LogP contribution in [0.2, 0.25) is 0 Å². The van der Waals surface area contributed by atoms with Crippen LogP contribution in [0.5, 0.6) is 5.75 Å². The molecule has 1 fully saturated rings. The first-order valence-electron chi connectivity index (χ1n) is 36.7. The van der Waals surface area contributed by atoms with Crippen LogP contribution in [0, 0.1) is 11.8 Å². The van der Waals surface area contributed by atoms with Gasteiger partial charge in [0.25, 0.3) is 0 Å². The number of nitrogens with two attached hydrogens (primary N) is 4. The van der Waals surface area contributed by atoms with Crippen LogP contribution in [0.4, 0.5) is 0 Å². The van der Waals surface area contributed by atoms with Crippen LogP contribution in [-0.2, 0) is 91.1 Å². The van der Waals surface area contributed by atoms with Crippen LogP contribution in [0.1, 0.15) is 122 Å². The molecule has 24 N–H and O–H groups in total. The van der Waals surface area contributed by atoms with Crippen LogP contribution in [0.25, 0.3) is 21.8 Å². The van der Waals surface area contributed by atoms with Crippen molar-refractivity contribution >= 4 is 105 Å². The summed E-state index contributed by atoms with van der Waals surface area (Å²) in [6.07, 6.45) is 2.15.